The monoisotopic (exact) mass is 249 g/mol. The molecule has 1 aromatic heterocycles. The molecule has 0 atom stereocenters. The van der Waals surface area contributed by atoms with Gasteiger partial charge in [0.25, 0.3) is 5.19 Å². The van der Waals surface area contributed by atoms with Crippen molar-refractivity contribution < 1.29 is 4.74 Å². The zero-order valence-electron chi connectivity index (χ0n) is 7.64. The molecule has 0 radical (unpaired) electrons. The lowest BCUT2D eigenvalue weighted by Gasteiger charge is -2.15. The van der Waals surface area contributed by atoms with Crippen LogP contribution in [0.15, 0.2) is 4.60 Å². The van der Waals surface area contributed by atoms with Gasteiger partial charge in [-0.05, 0) is 21.3 Å². The number of rotatable bonds is 1. The van der Waals surface area contributed by atoms with Gasteiger partial charge in [-0.3, -0.25) is 0 Å². The van der Waals surface area contributed by atoms with Crippen LogP contribution >= 0.6 is 27.3 Å². The molecule has 0 aliphatic heterocycles. The third-order valence-electron chi connectivity index (χ3n) is 1.42. The van der Waals surface area contributed by atoms with E-state index >= 15 is 0 Å². The van der Waals surface area contributed by atoms with Crippen molar-refractivity contribution in [2.75, 3.05) is 7.11 Å². The standard InChI is InChI=1S/C8H12BrNOS/c1-8(2,3)5-6(9)10-7(11-4)12-5/h1-4H3. The van der Waals surface area contributed by atoms with E-state index in [0.717, 1.165) is 4.60 Å². The van der Waals surface area contributed by atoms with Crippen LogP contribution in [0, 0.1) is 0 Å². The first-order valence-corrected chi connectivity index (χ1v) is 5.27. The SMILES string of the molecule is COc1nc(Br)c(C(C)(C)C)s1. The highest BCUT2D eigenvalue weighted by Gasteiger charge is 2.21. The van der Waals surface area contributed by atoms with E-state index < -0.39 is 0 Å². The van der Waals surface area contributed by atoms with Crippen molar-refractivity contribution in [1.82, 2.24) is 4.98 Å². The molecule has 0 N–H and O–H groups in total. The molecule has 0 aliphatic rings. The predicted molar refractivity (Wildman–Crippen MR) is 55.1 cm³/mol. The second kappa shape index (κ2) is 3.34. The summed E-state index contributed by atoms with van der Waals surface area (Å²) < 4.78 is 5.95. The van der Waals surface area contributed by atoms with Gasteiger partial charge in [0.2, 0.25) is 0 Å². The zero-order chi connectivity index (χ0) is 9.35. The van der Waals surface area contributed by atoms with Gasteiger partial charge in [0.15, 0.2) is 0 Å². The Kier molecular flexibility index (Phi) is 2.78. The van der Waals surface area contributed by atoms with Gasteiger partial charge in [0.1, 0.15) is 4.60 Å². The Morgan fingerprint density at radius 1 is 1.42 bits per heavy atom. The number of aromatic nitrogens is 1. The maximum Gasteiger partial charge on any atom is 0.274 e. The fraction of sp³-hybridized carbons (Fsp3) is 0.625. The van der Waals surface area contributed by atoms with E-state index in [2.05, 4.69) is 41.7 Å². The number of hydrogen-bond acceptors (Lipinski definition) is 3. The maximum absolute atomic E-state index is 5.05. The highest BCUT2D eigenvalue weighted by atomic mass is 79.9. The molecule has 0 amide bonds. The zero-order valence-corrected chi connectivity index (χ0v) is 10.0. The largest absolute Gasteiger partial charge is 0.473 e. The normalized spacial score (nSPS) is 11.8. The van der Waals surface area contributed by atoms with Crippen molar-refractivity contribution in [2.45, 2.75) is 26.2 Å². The quantitative estimate of drug-likeness (QED) is 0.763. The maximum atomic E-state index is 5.05. The Morgan fingerprint density at radius 3 is 2.25 bits per heavy atom. The van der Waals surface area contributed by atoms with Gasteiger partial charge < -0.3 is 4.74 Å². The fourth-order valence-corrected chi connectivity index (χ4v) is 2.78. The van der Waals surface area contributed by atoms with Crippen molar-refractivity contribution in [2.24, 2.45) is 0 Å². The molecule has 0 unspecified atom stereocenters. The summed E-state index contributed by atoms with van der Waals surface area (Å²) in [6, 6.07) is 0. The lowest BCUT2D eigenvalue weighted by atomic mass is 9.96. The molecule has 1 heterocycles. The van der Waals surface area contributed by atoms with E-state index in [0.29, 0.717) is 5.19 Å². The topological polar surface area (TPSA) is 22.1 Å². The molecule has 0 saturated heterocycles. The van der Waals surface area contributed by atoms with Crippen LogP contribution in [0.25, 0.3) is 0 Å². The molecule has 0 fully saturated rings. The molecule has 0 bridgehead atoms. The molecule has 0 aliphatic carbocycles. The third kappa shape index (κ3) is 1.98. The molecule has 12 heavy (non-hydrogen) atoms. The summed E-state index contributed by atoms with van der Waals surface area (Å²) in [5.41, 5.74) is 0.132. The summed E-state index contributed by atoms with van der Waals surface area (Å²) in [5, 5.41) is 0.715. The number of methoxy groups -OCH3 is 1. The van der Waals surface area contributed by atoms with Crippen LogP contribution in [-0.4, -0.2) is 12.1 Å². The lowest BCUT2D eigenvalue weighted by molar-refractivity contribution is 0.411. The number of thiazole rings is 1. The summed E-state index contributed by atoms with van der Waals surface area (Å²) in [5.74, 6) is 0. The minimum absolute atomic E-state index is 0.132. The highest BCUT2D eigenvalue weighted by Crippen LogP contribution is 2.37. The van der Waals surface area contributed by atoms with Crippen LogP contribution in [0.4, 0.5) is 0 Å². The van der Waals surface area contributed by atoms with E-state index in [-0.39, 0.29) is 5.41 Å². The van der Waals surface area contributed by atoms with Gasteiger partial charge in [0, 0.05) is 4.88 Å². The average molecular weight is 250 g/mol. The smallest absolute Gasteiger partial charge is 0.274 e. The van der Waals surface area contributed by atoms with Gasteiger partial charge in [-0.1, -0.05) is 32.1 Å². The van der Waals surface area contributed by atoms with Gasteiger partial charge >= 0.3 is 0 Å². The summed E-state index contributed by atoms with van der Waals surface area (Å²) in [6.45, 7) is 6.47. The van der Waals surface area contributed by atoms with Crippen LogP contribution < -0.4 is 4.74 Å². The van der Waals surface area contributed by atoms with E-state index in [1.54, 1.807) is 18.4 Å². The third-order valence-corrected chi connectivity index (χ3v) is 3.70. The van der Waals surface area contributed by atoms with Crippen LogP contribution in [0.3, 0.4) is 0 Å². The van der Waals surface area contributed by atoms with Gasteiger partial charge in [-0.25, -0.2) is 0 Å². The summed E-state index contributed by atoms with van der Waals surface area (Å²) in [6.07, 6.45) is 0. The number of halogens is 1. The molecule has 1 aromatic rings. The molecule has 0 spiro atoms. The van der Waals surface area contributed by atoms with E-state index in [1.165, 1.54) is 4.88 Å². The van der Waals surface area contributed by atoms with Crippen LogP contribution in [0.1, 0.15) is 25.6 Å². The Hall–Kier alpha value is -0.0900. The Bertz CT molecular complexity index is 277. The number of hydrogen-bond donors (Lipinski definition) is 0. The summed E-state index contributed by atoms with van der Waals surface area (Å²) in [7, 11) is 1.64. The molecule has 0 saturated carbocycles. The molecule has 4 heteroatoms. The molecular formula is C8H12BrNOS. The highest BCUT2D eigenvalue weighted by molar-refractivity contribution is 9.10. The first-order chi connectivity index (χ1) is 5.45. The van der Waals surface area contributed by atoms with E-state index in [4.69, 9.17) is 4.74 Å². The van der Waals surface area contributed by atoms with Crippen molar-refractivity contribution >= 4 is 27.3 Å². The number of nitrogens with zero attached hydrogens (tertiary/aromatic N) is 1. The van der Waals surface area contributed by atoms with E-state index in [9.17, 15) is 0 Å². The molecule has 68 valence electrons. The van der Waals surface area contributed by atoms with Crippen LogP contribution in [0.2, 0.25) is 0 Å². The first kappa shape index (κ1) is 9.99. The Morgan fingerprint density at radius 2 is 2.00 bits per heavy atom. The summed E-state index contributed by atoms with van der Waals surface area (Å²) in [4.78, 5) is 5.43. The molecule has 0 aromatic carbocycles. The van der Waals surface area contributed by atoms with Crippen molar-refractivity contribution in [3.63, 3.8) is 0 Å². The first-order valence-electron chi connectivity index (χ1n) is 3.66. The Labute approximate surface area is 85.1 Å². The van der Waals surface area contributed by atoms with Gasteiger partial charge in [-0.2, -0.15) is 4.98 Å². The average Bonchev–Trinajstić information content (AvgIpc) is 2.29. The van der Waals surface area contributed by atoms with Crippen LogP contribution in [0.5, 0.6) is 5.19 Å². The van der Waals surface area contributed by atoms with Crippen LogP contribution in [-0.2, 0) is 5.41 Å². The fourth-order valence-electron chi connectivity index (χ4n) is 0.833. The second-order valence-corrected chi connectivity index (χ2v) is 5.27. The lowest BCUT2D eigenvalue weighted by Crippen LogP contribution is -2.09. The predicted octanol–water partition coefficient (Wildman–Crippen LogP) is 3.21. The minimum Gasteiger partial charge on any atom is -0.473 e. The minimum atomic E-state index is 0.132. The van der Waals surface area contributed by atoms with Gasteiger partial charge in [-0.15, -0.1) is 0 Å². The molecular weight excluding hydrogens is 238 g/mol. The number of ether oxygens (including phenoxy) is 1. The van der Waals surface area contributed by atoms with Crippen molar-refractivity contribution in [3.05, 3.63) is 9.48 Å². The summed E-state index contributed by atoms with van der Waals surface area (Å²) >= 11 is 5.00. The Balaban J connectivity index is 3.08. The molecule has 2 nitrogen and oxygen atoms in total. The molecule has 1 rings (SSSR count). The van der Waals surface area contributed by atoms with Gasteiger partial charge in [0.05, 0.1) is 7.11 Å². The van der Waals surface area contributed by atoms with Crippen molar-refractivity contribution in [1.29, 1.82) is 0 Å². The van der Waals surface area contributed by atoms with E-state index in [1.807, 2.05) is 0 Å². The van der Waals surface area contributed by atoms with Crippen molar-refractivity contribution in [3.8, 4) is 5.19 Å². The second-order valence-electron chi connectivity index (χ2n) is 3.55.